The summed E-state index contributed by atoms with van der Waals surface area (Å²) in [4.78, 5) is 15.3. The summed E-state index contributed by atoms with van der Waals surface area (Å²) in [5, 5.41) is 0.910. The monoisotopic (exact) mass is 329 g/mol. The van der Waals surface area contributed by atoms with Crippen molar-refractivity contribution in [2.75, 3.05) is 11.9 Å². The standard InChI is InChI=1S/C16H28BrNO/c1-13(2)12-16(8-3-4-9-16)15(19)18(11-10-17)14-6-5-7-14/h13-14H,3-12H2,1-2H3. The number of alkyl halides is 1. The Morgan fingerprint density at radius 1 is 1.26 bits per heavy atom. The van der Waals surface area contributed by atoms with Crippen molar-refractivity contribution < 1.29 is 4.79 Å². The molecule has 0 aromatic rings. The number of carbonyl (C=O) groups is 1. The molecule has 2 saturated carbocycles. The van der Waals surface area contributed by atoms with Crippen LogP contribution in [0.5, 0.6) is 0 Å². The topological polar surface area (TPSA) is 20.3 Å². The summed E-state index contributed by atoms with van der Waals surface area (Å²) in [5.41, 5.74) is -0.0219. The SMILES string of the molecule is CC(C)CC1(C(=O)N(CCBr)C2CCC2)CCCC1. The fourth-order valence-electron chi connectivity index (χ4n) is 3.88. The van der Waals surface area contributed by atoms with E-state index in [1.165, 1.54) is 32.1 Å². The molecular formula is C16H28BrNO. The summed E-state index contributed by atoms with van der Waals surface area (Å²) >= 11 is 3.52. The van der Waals surface area contributed by atoms with Crippen LogP contribution in [0.3, 0.4) is 0 Å². The molecule has 2 nitrogen and oxygen atoms in total. The zero-order chi connectivity index (χ0) is 13.9. The predicted octanol–water partition coefficient (Wildman–Crippen LogP) is 4.37. The third kappa shape index (κ3) is 3.34. The van der Waals surface area contributed by atoms with Gasteiger partial charge in [-0.15, -0.1) is 0 Å². The molecule has 0 aliphatic heterocycles. The van der Waals surface area contributed by atoms with E-state index >= 15 is 0 Å². The first-order chi connectivity index (χ1) is 9.09. The number of nitrogens with zero attached hydrogens (tertiary/aromatic N) is 1. The van der Waals surface area contributed by atoms with Gasteiger partial charge in [-0.1, -0.05) is 42.6 Å². The van der Waals surface area contributed by atoms with E-state index in [1.54, 1.807) is 0 Å². The molecule has 19 heavy (non-hydrogen) atoms. The second-order valence-corrected chi connectivity index (χ2v) is 7.65. The number of halogens is 1. The molecular weight excluding hydrogens is 302 g/mol. The van der Waals surface area contributed by atoms with E-state index in [0.29, 0.717) is 17.9 Å². The minimum Gasteiger partial charge on any atom is -0.338 e. The average molecular weight is 330 g/mol. The highest BCUT2D eigenvalue weighted by Crippen LogP contribution is 2.45. The molecule has 3 heteroatoms. The summed E-state index contributed by atoms with van der Waals surface area (Å²) in [6.45, 7) is 5.40. The van der Waals surface area contributed by atoms with E-state index in [0.717, 1.165) is 31.1 Å². The average Bonchev–Trinajstić information content (AvgIpc) is 2.74. The van der Waals surface area contributed by atoms with Crippen LogP contribution in [0, 0.1) is 11.3 Å². The van der Waals surface area contributed by atoms with Gasteiger partial charge >= 0.3 is 0 Å². The van der Waals surface area contributed by atoms with Crippen molar-refractivity contribution in [3.8, 4) is 0 Å². The van der Waals surface area contributed by atoms with Crippen LogP contribution in [0.4, 0.5) is 0 Å². The summed E-state index contributed by atoms with van der Waals surface area (Å²) in [6, 6.07) is 0.537. The van der Waals surface area contributed by atoms with Gasteiger partial charge in [0.1, 0.15) is 0 Å². The van der Waals surface area contributed by atoms with Crippen LogP contribution in [0.15, 0.2) is 0 Å². The van der Waals surface area contributed by atoms with Gasteiger partial charge < -0.3 is 4.90 Å². The number of rotatable bonds is 6. The van der Waals surface area contributed by atoms with Crippen LogP contribution in [0.1, 0.15) is 65.2 Å². The van der Waals surface area contributed by atoms with Crippen molar-refractivity contribution >= 4 is 21.8 Å². The number of hydrogen-bond donors (Lipinski definition) is 0. The second-order valence-electron chi connectivity index (χ2n) is 6.86. The van der Waals surface area contributed by atoms with Crippen LogP contribution >= 0.6 is 15.9 Å². The third-order valence-corrected chi connectivity index (χ3v) is 5.27. The van der Waals surface area contributed by atoms with Gasteiger partial charge in [-0.25, -0.2) is 0 Å². The molecule has 0 aromatic heterocycles. The number of amides is 1. The lowest BCUT2D eigenvalue weighted by Gasteiger charge is -2.43. The maximum absolute atomic E-state index is 13.1. The lowest BCUT2D eigenvalue weighted by molar-refractivity contribution is -0.147. The smallest absolute Gasteiger partial charge is 0.229 e. The van der Waals surface area contributed by atoms with Crippen molar-refractivity contribution in [3.05, 3.63) is 0 Å². The van der Waals surface area contributed by atoms with Gasteiger partial charge in [-0.2, -0.15) is 0 Å². The number of carbonyl (C=O) groups excluding carboxylic acids is 1. The molecule has 2 rings (SSSR count). The van der Waals surface area contributed by atoms with Crippen LogP contribution in [0.25, 0.3) is 0 Å². The first-order valence-corrected chi connectivity index (χ1v) is 9.08. The van der Waals surface area contributed by atoms with Gasteiger partial charge in [-0.05, 0) is 44.4 Å². The fraction of sp³-hybridized carbons (Fsp3) is 0.938. The Bertz CT molecular complexity index is 306. The quantitative estimate of drug-likeness (QED) is 0.662. The molecule has 110 valence electrons. The highest BCUT2D eigenvalue weighted by molar-refractivity contribution is 9.09. The highest BCUT2D eigenvalue weighted by atomic mass is 79.9. The Hall–Kier alpha value is -0.0500. The van der Waals surface area contributed by atoms with Crippen molar-refractivity contribution in [3.63, 3.8) is 0 Å². The molecule has 0 radical (unpaired) electrons. The Balaban J connectivity index is 2.11. The Morgan fingerprint density at radius 2 is 1.89 bits per heavy atom. The summed E-state index contributed by atoms with van der Waals surface area (Å²) in [5.74, 6) is 1.09. The van der Waals surface area contributed by atoms with Gasteiger partial charge in [-0.3, -0.25) is 4.79 Å². The summed E-state index contributed by atoms with van der Waals surface area (Å²) in [6.07, 6.45) is 9.54. The van der Waals surface area contributed by atoms with E-state index in [1.807, 2.05) is 0 Å². The minimum atomic E-state index is -0.0219. The molecule has 0 unspecified atom stereocenters. The normalized spacial score (nSPS) is 22.5. The molecule has 2 fully saturated rings. The Kier molecular flexibility index (Phi) is 5.33. The van der Waals surface area contributed by atoms with Crippen LogP contribution in [-0.2, 0) is 4.79 Å². The van der Waals surface area contributed by atoms with E-state index in [4.69, 9.17) is 0 Å². The van der Waals surface area contributed by atoms with Gasteiger partial charge in [0, 0.05) is 23.3 Å². The third-order valence-electron chi connectivity index (χ3n) is 4.92. The predicted molar refractivity (Wildman–Crippen MR) is 83.5 cm³/mol. The molecule has 1 amide bonds. The minimum absolute atomic E-state index is 0.0219. The molecule has 0 spiro atoms. The molecule has 0 N–H and O–H groups in total. The first kappa shape index (κ1) is 15.3. The van der Waals surface area contributed by atoms with E-state index < -0.39 is 0 Å². The fourth-order valence-corrected chi connectivity index (χ4v) is 4.26. The molecule has 2 aliphatic rings. The van der Waals surface area contributed by atoms with Gasteiger partial charge in [0.05, 0.1) is 0 Å². The molecule has 0 saturated heterocycles. The lowest BCUT2D eigenvalue weighted by atomic mass is 9.76. The van der Waals surface area contributed by atoms with Crippen molar-refractivity contribution in [1.29, 1.82) is 0 Å². The van der Waals surface area contributed by atoms with Crippen molar-refractivity contribution in [2.24, 2.45) is 11.3 Å². The van der Waals surface area contributed by atoms with E-state index in [2.05, 4.69) is 34.7 Å². The van der Waals surface area contributed by atoms with Crippen LogP contribution in [-0.4, -0.2) is 28.7 Å². The Morgan fingerprint density at radius 3 is 2.32 bits per heavy atom. The largest absolute Gasteiger partial charge is 0.338 e. The second kappa shape index (κ2) is 6.60. The maximum Gasteiger partial charge on any atom is 0.229 e. The van der Waals surface area contributed by atoms with Crippen molar-refractivity contribution in [2.45, 2.75) is 71.3 Å². The summed E-state index contributed by atoms with van der Waals surface area (Å²) < 4.78 is 0. The van der Waals surface area contributed by atoms with E-state index in [9.17, 15) is 4.79 Å². The van der Waals surface area contributed by atoms with Crippen LogP contribution in [0.2, 0.25) is 0 Å². The summed E-state index contributed by atoms with van der Waals surface area (Å²) in [7, 11) is 0. The molecule has 0 heterocycles. The van der Waals surface area contributed by atoms with Crippen molar-refractivity contribution in [1.82, 2.24) is 4.90 Å². The van der Waals surface area contributed by atoms with Gasteiger partial charge in [0.15, 0.2) is 0 Å². The zero-order valence-corrected chi connectivity index (χ0v) is 14.0. The molecule has 0 aromatic carbocycles. The van der Waals surface area contributed by atoms with E-state index in [-0.39, 0.29) is 5.41 Å². The first-order valence-electron chi connectivity index (χ1n) is 7.96. The van der Waals surface area contributed by atoms with Gasteiger partial charge in [0.2, 0.25) is 5.91 Å². The number of hydrogen-bond acceptors (Lipinski definition) is 1. The molecule has 0 bridgehead atoms. The highest BCUT2D eigenvalue weighted by Gasteiger charge is 2.45. The molecule has 0 atom stereocenters. The zero-order valence-electron chi connectivity index (χ0n) is 12.5. The lowest BCUT2D eigenvalue weighted by Crippen LogP contribution is -2.51. The Labute approximate surface area is 126 Å². The van der Waals surface area contributed by atoms with Gasteiger partial charge in [0.25, 0.3) is 0 Å². The molecule has 2 aliphatic carbocycles. The maximum atomic E-state index is 13.1. The van der Waals surface area contributed by atoms with Crippen LogP contribution < -0.4 is 0 Å².